The molecule has 2 aliphatic heterocycles. The lowest BCUT2D eigenvalue weighted by Gasteiger charge is -2.34. The van der Waals surface area contributed by atoms with Crippen molar-refractivity contribution >= 4 is 21.8 Å². The molecule has 5 rings (SSSR count). The summed E-state index contributed by atoms with van der Waals surface area (Å²) in [5.41, 5.74) is 2.78. The Kier molecular flexibility index (Phi) is 4.85. The molecule has 32 heavy (non-hydrogen) atoms. The highest BCUT2D eigenvalue weighted by Gasteiger charge is 2.37. The van der Waals surface area contributed by atoms with Crippen LogP contribution in [0.3, 0.4) is 0 Å². The van der Waals surface area contributed by atoms with Crippen molar-refractivity contribution in [1.82, 2.24) is 14.2 Å². The van der Waals surface area contributed by atoms with E-state index in [0.717, 1.165) is 16.9 Å². The predicted octanol–water partition coefficient (Wildman–Crippen LogP) is 2.85. The van der Waals surface area contributed by atoms with Crippen molar-refractivity contribution < 1.29 is 22.7 Å². The molecule has 0 radical (unpaired) electrons. The standard InChI is InChI=1S/C23H21N3O5S/c1-15-4-9-20-19(13-15)26(11-12-31-20)32(29,30)17-7-5-16(6-8-17)14-25-22(27)18-3-2-10-24-21(18)23(25)28/h2-3,5-8,10,13H,4,9,11-12,14H2,1H3. The molecule has 0 fully saturated rings. The second-order valence-electron chi connectivity index (χ2n) is 7.96. The van der Waals surface area contributed by atoms with Crippen molar-refractivity contribution in [2.24, 2.45) is 0 Å². The molecule has 8 nitrogen and oxygen atoms in total. The fourth-order valence-corrected chi connectivity index (χ4v) is 5.60. The van der Waals surface area contributed by atoms with E-state index >= 15 is 0 Å². The van der Waals surface area contributed by atoms with Gasteiger partial charge in [0, 0.05) is 12.6 Å². The second kappa shape index (κ2) is 7.59. The molecule has 2 amide bonds. The molecule has 2 aromatic rings. The number of benzene rings is 1. The summed E-state index contributed by atoms with van der Waals surface area (Å²) >= 11 is 0. The Morgan fingerprint density at radius 3 is 2.59 bits per heavy atom. The summed E-state index contributed by atoms with van der Waals surface area (Å²) in [6.07, 6.45) is 4.90. The van der Waals surface area contributed by atoms with Gasteiger partial charge in [-0.05, 0) is 49.2 Å². The maximum atomic E-state index is 13.3. The van der Waals surface area contributed by atoms with Crippen molar-refractivity contribution in [2.45, 2.75) is 31.2 Å². The zero-order valence-electron chi connectivity index (χ0n) is 17.4. The van der Waals surface area contributed by atoms with E-state index < -0.39 is 21.8 Å². The number of allylic oxidation sites excluding steroid dienone is 3. The Hall–Kier alpha value is -3.46. The van der Waals surface area contributed by atoms with Crippen LogP contribution in [0.2, 0.25) is 0 Å². The maximum absolute atomic E-state index is 13.3. The number of hydrogen-bond acceptors (Lipinski definition) is 6. The normalized spacial score (nSPS) is 18.3. The molecule has 0 bridgehead atoms. The molecule has 1 aliphatic carbocycles. The molecule has 3 heterocycles. The average Bonchev–Trinajstić information content (AvgIpc) is 3.04. The number of imide groups is 1. The summed E-state index contributed by atoms with van der Waals surface area (Å²) in [6, 6.07) is 9.46. The molecule has 0 atom stereocenters. The molecule has 0 saturated heterocycles. The van der Waals surface area contributed by atoms with Crippen LogP contribution in [0.1, 0.15) is 46.2 Å². The van der Waals surface area contributed by atoms with Crippen molar-refractivity contribution in [1.29, 1.82) is 0 Å². The summed E-state index contributed by atoms with van der Waals surface area (Å²) in [6.45, 7) is 2.58. The van der Waals surface area contributed by atoms with Gasteiger partial charge in [0.15, 0.2) is 0 Å². The van der Waals surface area contributed by atoms with Crippen LogP contribution in [0, 0.1) is 0 Å². The van der Waals surface area contributed by atoms with Crippen molar-refractivity contribution in [3.63, 3.8) is 0 Å². The van der Waals surface area contributed by atoms with Crippen LogP contribution in [0.5, 0.6) is 0 Å². The quantitative estimate of drug-likeness (QED) is 0.663. The van der Waals surface area contributed by atoms with Crippen LogP contribution < -0.4 is 0 Å². The highest BCUT2D eigenvalue weighted by Crippen LogP contribution is 2.33. The van der Waals surface area contributed by atoms with Gasteiger partial charge >= 0.3 is 0 Å². The van der Waals surface area contributed by atoms with E-state index in [1.807, 2.05) is 13.0 Å². The SMILES string of the molecule is CC1=CC2=C(CC1)OCCN2S(=O)(=O)c1ccc(CN2C(=O)c3cccnc3C2=O)cc1. The van der Waals surface area contributed by atoms with Gasteiger partial charge < -0.3 is 4.74 Å². The van der Waals surface area contributed by atoms with Crippen LogP contribution in [0.4, 0.5) is 0 Å². The van der Waals surface area contributed by atoms with Gasteiger partial charge in [-0.3, -0.25) is 23.8 Å². The zero-order valence-corrected chi connectivity index (χ0v) is 18.3. The number of pyridine rings is 1. The number of nitrogens with zero attached hydrogens (tertiary/aromatic N) is 3. The highest BCUT2D eigenvalue weighted by atomic mass is 32.2. The van der Waals surface area contributed by atoms with Gasteiger partial charge in [0.25, 0.3) is 21.8 Å². The van der Waals surface area contributed by atoms with Crippen LogP contribution in [0.25, 0.3) is 0 Å². The van der Waals surface area contributed by atoms with E-state index in [1.54, 1.807) is 24.3 Å². The van der Waals surface area contributed by atoms with Gasteiger partial charge in [-0.1, -0.05) is 17.7 Å². The first kappa shape index (κ1) is 20.4. The molecular weight excluding hydrogens is 430 g/mol. The Morgan fingerprint density at radius 2 is 1.84 bits per heavy atom. The molecule has 0 spiro atoms. The Labute approximate surface area is 185 Å². The average molecular weight is 452 g/mol. The Bertz CT molecular complexity index is 1260. The first-order chi connectivity index (χ1) is 15.4. The molecular formula is C23H21N3O5S. The van der Waals surface area contributed by atoms with E-state index in [-0.39, 0.29) is 29.2 Å². The van der Waals surface area contributed by atoms with Crippen molar-refractivity contribution in [3.05, 3.63) is 82.5 Å². The molecule has 0 N–H and O–H groups in total. The van der Waals surface area contributed by atoms with E-state index in [4.69, 9.17) is 4.74 Å². The molecule has 3 aliphatic rings. The van der Waals surface area contributed by atoms with Gasteiger partial charge in [0.2, 0.25) is 0 Å². The van der Waals surface area contributed by atoms with Gasteiger partial charge in [0.05, 0.1) is 29.2 Å². The zero-order chi connectivity index (χ0) is 22.5. The molecule has 0 unspecified atom stereocenters. The second-order valence-corrected chi connectivity index (χ2v) is 9.83. The van der Waals surface area contributed by atoms with E-state index in [2.05, 4.69) is 4.98 Å². The number of rotatable bonds is 4. The molecule has 1 aromatic carbocycles. The summed E-state index contributed by atoms with van der Waals surface area (Å²) < 4.78 is 33.8. The fourth-order valence-electron chi connectivity index (χ4n) is 4.14. The Balaban J connectivity index is 1.38. The number of amides is 2. The smallest absolute Gasteiger partial charge is 0.280 e. The van der Waals surface area contributed by atoms with Crippen molar-refractivity contribution in [2.75, 3.05) is 13.2 Å². The van der Waals surface area contributed by atoms with Gasteiger partial charge in [-0.15, -0.1) is 0 Å². The third kappa shape index (κ3) is 3.29. The summed E-state index contributed by atoms with van der Waals surface area (Å²) in [5, 5.41) is 0. The van der Waals surface area contributed by atoms with E-state index in [1.165, 1.54) is 22.6 Å². The number of carbonyl (C=O) groups is 2. The first-order valence-electron chi connectivity index (χ1n) is 10.3. The predicted molar refractivity (Wildman–Crippen MR) is 115 cm³/mol. The van der Waals surface area contributed by atoms with Gasteiger partial charge in [0.1, 0.15) is 18.1 Å². The summed E-state index contributed by atoms with van der Waals surface area (Å²) in [4.78, 5) is 30.3. The van der Waals surface area contributed by atoms with Crippen molar-refractivity contribution in [3.8, 4) is 0 Å². The lowest BCUT2D eigenvalue weighted by Crippen LogP contribution is -2.37. The third-order valence-electron chi connectivity index (χ3n) is 5.84. The number of fused-ring (bicyclic) bond motifs is 1. The maximum Gasteiger partial charge on any atom is 0.280 e. The summed E-state index contributed by atoms with van der Waals surface area (Å²) in [7, 11) is -3.77. The minimum absolute atomic E-state index is 0.0448. The molecule has 0 saturated carbocycles. The van der Waals surface area contributed by atoms with E-state index in [9.17, 15) is 18.0 Å². The Morgan fingerprint density at radius 1 is 1.06 bits per heavy atom. The molecule has 164 valence electrons. The van der Waals surface area contributed by atoms with Crippen LogP contribution >= 0.6 is 0 Å². The van der Waals surface area contributed by atoms with E-state index in [0.29, 0.717) is 30.0 Å². The minimum Gasteiger partial charge on any atom is -0.494 e. The number of carbonyl (C=O) groups excluding carboxylic acids is 2. The number of sulfonamides is 1. The summed E-state index contributed by atoms with van der Waals surface area (Å²) in [5.74, 6) is -0.141. The van der Waals surface area contributed by atoms with Crippen LogP contribution in [-0.4, -0.2) is 47.6 Å². The third-order valence-corrected chi connectivity index (χ3v) is 7.67. The van der Waals surface area contributed by atoms with Crippen LogP contribution in [0.15, 0.2) is 70.6 Å². The topological polar surface area (TPSA) is 96.9 Å². The number of aromatic nitrogens is 1. The minimum atomic E-state index is -3.77. The largest absolute Gasteiger partial charge is 0.494 e. The molecule has 1 aromatic heterocycles. The lowest BCUT2D eigenvalue weighted by molar-refractivity contribution is 0.0640. The number of ether oxygens (including phenoxy) is 1. The lowest BCUT2D eigenvalue weighted by atomic mass is 10.0. The van der Waals surface area contributed by atoms with Crippen LogP contribution in [-0.2, 0) is 21.3 Å². The monoisotopic (exact) mass is 451 g/mol. The molecule has 9 heteroatoms. The number of hydrogen-bond donors (Lipinski definition) is 0. The first-order valence-corrected chi connectivity index (χ1v) is 11.8. The highest BCUT2D eigenvalue weighted by molar-refractivity contribution is 7.89. The fraction of sp³-hybridized carbons (Fsp3) is 0.261. The van der Waals surface area contributed by atoms with Gasteiger partial charge in [-0.25, -0.2) is 8.42 Å². The van der Waals surface area contributed by atoms with Gasteiger partial charge in [-0.2, -0.15) is 0 Å².